The van der Waals surface area contributed by atoms with Crippen LogP contribution in [-0.4, -0.2) is 55.2 Å². The second-order valence-corrected chi connectivity index (χ2v) is 0.236. The van der Waals surface area contributed by atoms with Crippen LogP contribution in [-0.2, 0) is 26.5 Å². The summed E-state index contributed by atoms with van der Waals surface area (Å²) in [6.45, 7) is 1.44. The predicted octanol–water partition coefficient (Wildman–Crippen LogP) is 0.0469. The average Bonchev–Trinajstić information content (AvgIpc) is 0.918. The quantitative estimate of drug-likeness (QED) is 0.425. The molecule has 0 radical (unpaired) electrons. The SMILES string of the molecule is CC=O.[Ba+2].[H-].[H-].[Ti]. The summed E-state index contributed by atoms with van der Waals surface area (Å²) < 4.78 is 0. The van der Waals surface area contributed by atoms with Gasteiger partial charge in [-0.15, -0.1) is 0 Å². The van der Waals surface area contributed by atoms with Gasteiger partial charge < -0.3 is 7.65 Å². The first-order valence-electron chi connectivity index (χ1n) is 0.813. The Hall–Kier alpha value is 1.96. The van der Waals surface area contributed by atoms with Crippen LogP contribution in [0.25, 0.3) is 0 Å². The molecule has 0 aromatic carbocycles. The van der Waals surface area contributed by atoms with E-state index in [4.69, 9.17) is 4.79 Å². The largest absolute Gasteiger partial charge is 2.00 e. The van der Waals surface area contributed by atoms with Crippen molar-refractivity contribution in [3.63, 3.8) is 0 Å². The average molecular weight is 231 g/mol. The van der Waals surface area contributed by atoms with E-state index in [0.29, 0.717) is 0 Å². The van der Waals surface area contributed by atoms with Crippen LogP contribution >= 0.6 is 0 Å². The molecule has 0 atom stereocenters. The smallest absolute Gasteiger partial charge is 1.00 e. The van der Waals surface area contributed by atoms with Crippen LogP contribution in [0.1, 0.15) is 9.78 Å². The molecule has 26 valence electrons. The summed E-state index contributed by atoms with van der Waals surface area (Å²) in [7, 11) is 0. The first kappa shape index (κ1) is 15.8. The van der Waals surface area contributed by atoms with Gasteiger partial charge in [0.15, 0.2) is 0 Å². The molecule has 0 fully saturated rings. The minimum Gasteiger partial charge on any atom is -1.00 e. The van der Waals surface area contributed by atoms with Crippen molar-refractivity contribution in [1.82, 2.24) is 0 Å². The Kier molecular flexibility index (Phi) is 52.8. The molecule has 3 heteroatoms. The summed E-state index contributed by atoms with van der Waals surface area (Å²) >= 11 is 0. The van der Waals surface area contributed by atoms with Crippen molar-refractivity contribution in [2.45, 2.75) is 6.92 Å². The van der Waals surface area contributed by atoms with E-state index < -0.39 is 0 Å². The van der Waals surface area contributed by atoms with E-state index in [0.717, 1.165) is 6.29 Å². The second-order valence-electron chi connectivity index (χ2n) is 0.236. The Balaban J connectivity index is -0.00000000333. The molecule has 0 N–H and O–H groups in total. The van der Waals surface area contributed by atoms with Crippen LogP contribution < -0.4 is 0 Å². The zero-order valence-electron chi connectivity index (χ0n) is 5.19. The van der Waals surface area contributed by atoms with Crippen molar-refractivity contribution >= 4 is 55.2 Å². The summed E-state index contributed by atoms with van der Waals surface area (Å²) in [5, 5.41) is 0. The van der Waals surface area contributed by atoms with Gasteiger partial charge in [-0.05, 0) is 6.92 Å². The number of carbonyl (C=O) groups excluding carboxylic acids is 1. The van der Waals surface area contributed by atoms with E-state index in [9.17, 15) is 0 Å². The van der Waals surface area contributed by atoms with Crippen LogP contribution in [0.3, 0.4) is 0 Å². The summed E-state index contributed by atoms with van der Waals surface area (Å²) in [5.41, 5.74) is 0. The van der Waals surface area contributed by atoms with E-state index in [2.05, 4.69) is 0 Å². The minimum absolute atomic E-state index is 0. The molecule has 0 aliphatic carbocycles. The number of aldehydes is 1. The third-order valence-corrected chi connectivity index (χ3v) is 0. The molecule has 0 aromatic rings. The third kappa shape index (κ3) is 24.4. The fourth-order valence-electron chi connectivity index (χ4n) is 0. The van der Waals surface area contributed by atoms with Crippen molar-refractivity contribution in [1.29, 1.82) is 0 Å². The van der Waals surface area contributed by atoms with Gasteiger partial charge in [0.05, 0.1) is 0 Å². The fraction of sp³-hybridized carbons (Fsp3) is 0.500. The van der Waals surface area contributed by atoms with Crippen molar-refractivity contribution in [2.24, 2.45) is 0 Å². The molecule has 0 spiro atoms. The Labute approximate surface area is 89.8 Å². The van der Waals surface area contributed by atoms with Gasteiger partial charge in [0.25, 0.3) is 0 Å². The molecule has 0 amide bonds. The van der Waals surface area contributed by atoms with Gasteiger partial charge >= 0.3 is 48.9 Å². The first-order chi connectivity index (χ1) is 1.41. The van der Waals surface area contributed by atoms with Gasteiger partial charge in [0, 0.05) is 21.7 Å². The maximum absolute atomic E-state index is 8.81. The standard InChI is InChI=1S/C2H4O.Ba.Ti.2H/c1-2-3;;;;/h2H,1H3;;;;/q;+2;;2*-1. The summed E-state index contributed by atoms with van der Waals surface area (Å²) in [5.74, 6) is 0. The minimum atomic E-state index is 0. The Morgan fingerprint density at radius 2 is 1.80 bits per heavy atom. The molecule has 0 aromatic heterocycles. The predicted molar refractivity (Wildman–Crippen MR) is 19.7 cm³/mol. The van der Waals surface area contributed by atoms with Crippen LogP contribution in [0.15, 0.2) is 0 Å². The molecule has 0 heterocycles. The molecule has 1 nitrogen and oxygen atoms in total. The van der Waals surface area contributed by atoms with Gasteiger partial charge in [-0.2, -0.15) is 0 Å². The zero-order valence-corrected chi connectivity index (χ0v) is 9.19. The number of carbonyl (C=O) groups is 1. The Morgan fingerprint density at radius 3 is 1.80 bits per heavy atom. The molecule has 0 unspecified atom stereocenters. The van der Waals surface area contributed by atoms with Crippen molar-refractivity contribution in [3.8, 4) is 0 Å². The van der Waals surface area contributed by atoms with E-state index in [1.807, 2.05) is 0 Å². The molecule has 0 saturated heterocycles. The van der Waals surface area contributed by atoms with Crippen LogP contribution in [0, 0.1) is 0 Å². The first-order valence-corrected chi connectivity index (χ1v) is 0.813. The molecular weight excluding hydrogens is 225 g/mol. The second kappa shape index (κ2) is 16.7. The van der Waals surface area contributed by atoms with E-state index in [1.54, 1.807) is 0 Å². The molecule has 0 aliphatic heterocycles. The zero-order chi connectivity index (χ0) is 2.71. The number of rotatable bonds is 0. The molecule has 0 rings (SSSR count). The summed E-state index contributed by atoms with van der Waals surface area (Å²) in [4.78, 5) is 8.81. The summed E-state index contributed by atoms with van der Waals surface area (Å²) in [6, 6.07) is 0. The molecule has 0 bridgehead atoms. The topological polar surface area (TPSA) is 17.1 Å². The third-order valence-electron chi connectivity index (χ3n) is 0. The van der Waals surface area contributed by atoms with E-state index in [-0.39, 0.29) is 73.5 Å². The maximum atomic E-state index is 8.81. The normalized spacial score (nSPS) is 2.60. The van der Waals surface area contributed by atoms with Gasteiger partial charge in [-0.3, -0.25) is 0 Å². The van der Waals surface area contributed by atoms with Crippen LogP contribution in [0.5, 0.6) is 0 Å². The van der Waals surface area contributed by atoms with Gasteiger partial charge in [-0.1, -0.05) is 0 Å². The number of hydrogen-bond donors (Lipinski definition) is 0. The van der Waals surface area contributed by atoms with Crippen LogP contribution in [0.4, 0.5) is 0 Å². The molecule has 0 saturated carbocycles. The maximum Gasteiger partial charge on any atom is 2.00 e. The molecular formula is C2H6BaOTi. The monoisotopic (exact) mass is 232 g/mol. The molecule has 0 aliphatic rings. The van der Waals surface area contributed by atoms with E-state index in [1.165, 1.54) is 6.92 Å². The van der Waals surface area contributed by atoms with Crippen LogP contribution in [0.2, 0.25) is 0 Å². The molecule has 5 heavy (non-hydrogen) atoms. The van der Waals surface area contributed by atoms with Crippen molar-refractivity contribution in [2.75, 3.05) is 0 Å². The van der Waals surface area contributed by atoms with E-state index >= 15 is 0 Å². The van der Waals surface area contributed by atoms with Gasteiger partial charge in [-0.25, -0.2) is 0 Å². The van der Waals surface area contributed by atoms with Gasteiger partial charge in [0.2, 0.25) is 0 Å². The summed E-state index contributed by atoms with van der Waals surface area (Å²) in [6.07, 6.45) is 0.750. The van der Waals surface area contributed by atoms with Gasteiger partial charge in [0.1, 0.15) is 6.29 Å². The number of hydrogen-bond acceptors (Lipinski definition) is 1. The van der Waals surface area contributed by atoms with Crippen molar-refractivity contribution in [3.05, 3.63) is 0 Å². The van der Waals surface area contributed by atoms with Crippen molar-refractivity contribution < 1.29 is 29.4 Å². The fourth-order valence-corrected chi connectivity index (χ4v) is 0. The Morgan fingerprint density at radius 1 is 1.80 bits per heavy atom. The Bertz CT molecular complexity index is 23.2.